The topological polar surface area (TPSA) is 26.0 Å². The molecule has 2 unspecified atom stereocenters. The summed E-state index contributed by atoms with van der Waals surface area (Å²) in [5, 5.41) is 0.203. The molecule has 2 atom stereocenters. The third-order valence-electron chi connectivity index (χ3n) is 3.18. The number of rotatable bonds is 2. The Kier molecular flexibility index (Phi) is 4.40. The fourth-order valence-corrected chi connectivity index (χ4v) is 3.46. The molecule has 0 aromatic heterocycles. The van der Waals surface area contributed by atoms with Crippen LogP contribution >= 0.6 is 11.8 Å². The predicted octanol–water partition coefficient (Wildman–Crippen LogP) is 3.72. The van der Waals surface area contributed by atoms with Crippen molar-refractivity contribution in [3.05, 3.63) is 29.8 Å². The Balaban J connectivity index is 2.10. The molecule has 0 saturated heterocycles. The van der Waals surface area contributed by atoms with Gasteiger partial charge in [0.25, 0.3) is 0 Å². The summed E-state index contributed by atoms with van der Waals surface area (Å²) in [6.07, 6.45) is 5.43. The van der Waals surface area contributed by atoms with Gasteiger partial charge in [0, 0.05) is 16.2 Å². The van der Waals surface area contributed by atoms with Crippen molar-refractivity contribution < 1.29 is 8.78 Å². The zero-order valence-electron chi connectivity index (χ0n) is 9.66. The first-order chi connectivity index (χ1) is 8.16. The van der Waals surface area contributed by atoms with Crippen molar-refractivity contribution in [2.24, 2.45) is 5.73 Å². The smallest absolute Gasteiger partial charge is 0.136 e. The lowest BCUT2D eigenvalue weighted by Crippen LogP contribution is -2.31. The molecule has 0 aliphatic heterocycles. The predicted molar refractivity (Wildman–Crippen MR) is 67.1 cm³/mol. The molecule has 4 heteroatoms. The summed E-state index contributed by atoms with van der Waals surface area (Å²) in [6, 6.07) is 3.68. The van der Waals surface area contributed by atoms with E-state index in [1.54, 1.807) is 0 Å². The van der Waals surface area contributed by atoms with Gasteiger partial charge >= 0.3 is 0 Å². The Labute approximate surface area is 105 Å². The second-order valence-corrected chi connectivity index (χ2v) is 5.81. The van der Waals surface area contributed by atoms with Crippen LogP contribution in [0.1, 0.15) is 32.1 Å². The molecule has 94 valence electrons. The van der Waals surface area contributed by atoms with Gasteiger partial charge in [-0.15, -0.1) is 11.8 Å². The molecule has 0 heterocycles. The average Bonchev–Trinajstić information content (AvgIpc) is 2.50. The van der Waals surface area contributed by atoms with E-state index in [-0.39, 0.29) is 17.1 Å². The Hall–Kier alpha value is -0.610. The summed E-state index contributed by atoms with van der Waals surface area (Å²) < 4.78 is 26.6. The van der Waals surface area contributed by atoms with E-state index in [4.69, 9.17) is 5.73 Å². The normalized spacial score (nSPS) is 25.6. The minimum atomic E-state index is -0.393. The fraction of sp³-hybridized carbons (Fsp3) is 0.538. The first-order valence-corrected chi connectivity index (χ1v) is 6.92. The molecule has 1 aromatic carbocycles. The lowest BCUT2D eigenvalue weighted by molar-refractivity contribution is 0.571. The van der Waals surface area contributed by atoms with E-state index in [1.165, 1.54) is 30.3 Å². The first kappa shape index (κ1) is 12.8. The molecular formula is C13H17F2NS. The average molecular weight is 257 g/mol. The van der Waals surface area contributed by atoms with Crippen molar-refractivity contribution >= 4 is 11.8 Å². The largest absolute Gasteiger partial charge is 0.327 e. The van der Waals surface area contributed by atoms with Crippen molar-refractivity contribution in [2.45, 2.75) is 48.3 Å². The monoisotopic (exact) mass is 257 g/mol. The molecule has 1 aliphatic carbocycles. The van der Waals surface area contributed by atoms with Crippen LogP contribution in [-0.2, 0) is 0 Å². The van der Waals surface area contributed by atoms with Gasteiger partial charge in [-0.2, -0.15) is 0 Å². The summed E-state index contributed by atoms with van der Waals surface area (Å²) >= 11 is 1.39. The molecule has 1 aliphatic rings. The summed E-state index contributed by atoms with van der Waals surface area (Å²) in [5.41, 5.74) is 6.08. The van der Waals surface area contributed by atoms with Crippen molar-refractivity contribution in [1.82, 2.24) is 0 Å². The van der Waals surface area contributed by atoms with Gasteiger partial charge in [-0.3, -0.25) is 0 Å². The standard InChI is InChI=1S/C13H17F2NS/c14-9-6-7-10(15)13(8-9)17-12-5-3-1-2-4-11(12)16/h6-8,11-12H,1-5,16H2. The highest BCUT2D eigenvalue weighted by Gasteiger charge is 2.22. The molecule has 1 aromatic rings. The van der Waals surface area contributed by atoms with Crippen LogP contribution in [0.25, 0.3) is 0 Å². The van der Waals surface area contributed by atoms with E-state index in [1.807, 2.05) is 0 Å². The highest BCUT2D eigenvalue weighted by atomic mass is 32.2. The van der Waals surface area contributed by atoms with E-state index >= 15 is 0 Å². The van der Waals surface area contributed by atoms with Gasteiger partial charge in [0.1, 0.15) is 11.6 Å². The molecule has 0 spiro atoms. The quantitative estimate of drug-likeness (QED) is 0.817. The maximum Gasteiger partial charge on any atom is 0.136 e. The SMILES string of the molecule is NC1CCCCCC1Sc1cc(F)ccc1F. The van der Waals surface area contributed by atoms with Gasteiger partial charge in [0.05, 0.1) is 0 Å². The van der Waals surface area contributed by atoms with Gasteiger partial charge in [-0.25, -0.2) is 8.78 Å². The van der Waals surface area contributed by atoms with Crippen molar-refractivity contribution in [2.75, 3.05) is 0 Å². The zero-order valence-corrected chi connectivity index (χ0v) is 10.5. The van der Waals surface area contributed by atoms with Crippen LogP contribution in [0, 0.1) is 11.6 Å². The zero-order chi connectivity index (χ0) is 12.3. The second kappa shape index (κ2) is 5.83. The van der Waals surface area contributed by atoms with Crippen LogP contribution in [0.15, 0.2) is 23.1 Å². The number of nitrogens with two attached hydrogens (primary N) is 1. The van der Waals surface area contributed by atoms with Crippen molar-refractivity contribution in [1.29, 1.82) is 0 Å². The molecule has 0 amide bonds. The molecular weight excluding hydrogens is 240 g/mol. The second-order valence-electron chi connectivity index (χ2n) is 4.53. The van der Waals surface area contributed by atoms with E-state index in [2.05, 4.69) is 0 Å². The summed E-state index contributed by atoms with van der Waals surface area (Å²) in [6.45, 7) is 0. The molecule has 0 bridgehead atoms. The van der Waals surface area contributed by atoms with Crippen LogP contribution in [0.5, 0.6) is 0 Å². The Morgan fingerprint density at radius 3 is 2.71 bits per heavy atom. The number of thioether (sulfide) groups is 1. The van der Waals surface area contributed by atoms with Gasteiger partial charge in [-0.05, 0) is 31.0 Å². The third kappa shape index (κ3) is 3.42. The molecule has 2 N–H and O–H groups in total. The van der Waals surface area contributed by atoms with Gasteiger partial charge in [0.15, 0.2) is 0 Å². The molecule has 2 rings (SSSR count). The van der Waals surface area contributed by atoms with E-state index in [9.17, 15) is 8.78 Å². The van der Waals surface area contributed by atoms with E-state index in [0.29, 0.717) is 4.90 Å². The Morgan fingerprint density at radius 2 is 1.88 bits per heavy atom. The Morgan fingerprint density at radius 1 is 1.12 bits per heavy atom. The minimum Gasteiger partial charge on any atom is -0.327 e. The maximum atomic E-state index is 13.5. The van der Waals surface area contributed by atoms with E-state index < -0.39 is 5.82 Å². The van der Waals surface area contributed by atoms with Gasteiger partial charge in [-0.1, -0.05) is 19.3 Å². The number of halogens is 2. The lowest BCUT2D eigenvalue weighted by Gasteiger charge is -2.20. The maximum absolute atomic E-state index is 13.5. The highest BCUT2D eigenvalue weighted by Crippen LogP contribution is 2.33. The lowest BCUT2D eigenvalue weighted by atomic mass is 10.1. The van der Waals surface area contributed by atoms with Crippen LogP contribution in [0.4, 0.5) is 8.78 Å². The van der Waals surface area contributed by atoms with E-state index in [0.717, 1.165) is 31.7 Å². The first-order valence-electron chi connectivity index (χ1n) is 6.04. The number of hydrogen-bond acceptors (Lipinski definition) is 2. The van der Waals surface area contributed by atoms with Crippen molar-refractivity contribution in [3.8, 4) is 0 Å². The Bertz CT molecular complexity index is 384. The molecule has 0 radical (unpaired) electrons. The van der Waals surface area contributed by atoms with Crippen molar-refractivity contribution in [3.63, 3.8) is 0 Å². The van der Waals surface area contributed by atoms with Crippen LogP contribution < -0.4 is 5.73 Å². The van der Waals surface area contributed by atoms with Crippen LogP contribution in [0.3, 0.4) is 0 Å². The molecule has 1 fully saturated rings. The molecule has 1 saturated carbocycles. The fourth-order valence-electron chi connectivity index (χ4n) is 2.18. The molecule has 17 heavy (non-hydrogen) atoms. The van der Waals surface area contributed by atoms with Gasteiger partial charge < -0.3 is 5.73 Å². The highest BCUT2D eigenvalue weighted by molar-refractivity contribution is 8.00. The number of benzene rings is 1. The van der Waals surface area contributed by atoms with Crippen LogP contribution in [-0.4, -0.2) is 11.3 Å². The van der Waals surface area contributed by atoms with Gasteiger partial charge in [0.2, 0.25) is 0 Å². The molecule has 1 nitrogen and oxygen atoms in total. The summed E-state index contributed by atoms with van der Waals surface area (Å²) in [7, 11) is 0. The van der Waals surface area contributed by atoms with Crippen LogP contribution in [0.2, 0.25) is 0 Å². The third-order valence-corrected chi connectivity index (χ3v) is 4.63. The number of hydrogen-bond donors (Lipinski definition) is 1. The summed E-state index contributed by atoms with van der Waals surface area (Å²) in [4.78, 5) is 0.382. The minimum absolute atomic E-state index is 0.0881. The summed E-state index contributed by atoms with van der Waals surface area (Å²) in [5.74, 6) is -0.746.